The Bertz CT molecular complexity index is 4780. The Labute approximate surface area is 415 Å². The van der Waals surface area contributed by atoms with Crippen molar-refractivity contribution < 1.29 is 4.42 Å². The summed E-state index contributed by atoms with van der Waals surface area (Å²) in [6.07, 6.45) is 0. The zero-order chi connectivity index (χ0) is 47.4. The van der Waals surface area contributed by atoms with Crippen molar-refractivity contribution in [2.45, 2.75) is 0 Å². The van der Waals surface area contributed by atoms with Crippen LogP contribution in [-0.4, -0.2) is 24.1 Å². The molecule has 7 nitrogen and oxygen atoms in total. The molecule has 0 fully saturated rings. The first-order valence-corrected chi connectivity index (χ1v) is 24.7. The van der Waals surface area contributed by atoms with E-state index >= 15 is 0 Å². The van der Waals surface area contributed by atoms with Crippen LogP contribution in [0.3, 0.4) is 0 Å². The van der Waals surface area contributed by atoms with E-state index in [1.54, 1.807) is 0 Å². The summed E-state index contributed by atoms with van der Waals surface area (Å²) in [5.74, 6) is 1.51. The Balaban J connectivity index is 0.937. The molecule has 15 aromatic rings. The average molecular weight is 937 g/mol. The minimum atomic E-state index is 0.461. The van der Waals surface area contributed by atoms with E-state index in [4.69, 9.17) is 19.4 Å². The first-order chi connectivity index (χ1) is 35.6. The molecule has 0 N–H and O–H groups in total. The summed E-state index contributed by atoms with van der Waals surface area (Å²) in [5, 5.41) is 20.2. The van der Waals surface area contributed by atoms with E-state index in [0.29, 0.717) is 28.6 Å². The van der Waals surface area contributed by atoms with E-state index in [0.717, 1.165) is 99.2 Å². The molecule has 0 atom stereocenters. The van der Waals surface area contributed by atoms with E-state index in [1.807, 2.05) is 84.1 Å². The van der Waals surface area contributed by atoms with Crippen molar-refractivity contribution in [3.63, 3.8) is 0 Å². The summed E-state index contributed by atoms with van der Waals surface area (Å²) in [5.41, 5.74) is 12.8. The molecular weight excluding hydrogens is 901 g/mol. The normalized spacial score (nSPS) is 11.9. The lowest BCUT2D eigenvalue weighted by atomic mass is 10.0. The lowest BCUT2D eigenvalue weighted by Gasteiger charge is -2.13. The first kappa shape index (κ1) is 40.2. The molecule has 15 rings (SSSR count). The number of nitriles is 1. The van der Waals surface area contributed by atoms with Crippen LogP contribution in [0.2, 0.25) is 0 Å². The van der Waals surface area contributed by atoms with Crippen molar-refractivity contribution in [2.24, 2.45) is 0 Å². The number of fused-ring (bicyclic) bond motifs is 13. The summed E-state index contributed by atoms with van der Waals surface area (Å²) < 4.78 is 13.4. The SMILES string of the molecule is N#Cc1cc(-c2nc(-c3cccc(-c4ccccc4)c3)nc(-c3ccc4oc5ccccc5c4c3)n2)ccc1-n1c2ccccc2c2ccc3c(c4ccccc4n3-c3ccc4sc5ccccc5c4c3)c21. The molecule has 0 unspecified atom stereocenters. The highest BCUT2D eigenvalue weighted by Crippen LogP contribution is 2.44. The van der Waals surface area contributed by atoms with Crippen molar-refractivity contribution in [2.75, 3.05) is 0 Å². The second-order valence-electron chi connectivity index (χ2n) is 18.2. The van der Waals surface area contributed by atoms with Crippen molar-refractivity contribution in [3.05, 3.63) is 224 Å². The minimum Gasteiger partial charge on any atom is -0.456 e. The third-order valence-corrected chi connectivity index (χ3v) is 15.4. The van der Waals surface area contributed by atoms with Crippen LogP contribution in [0.4, 0.5) is 0 Å². The number of hydrogen-bond donors (Lipinski definition) is 0. The molecule has 72 heavy (non-hydrogen) atoms. The fraction of sp³-hybridized carbons (Fsp3) is 0. The van der Waals surface area contributed by atoms with Gasteiger partial charge in [0.15, 0.2) is 17.5 Å². The highest BCUT2D eigenvalue weighted by Gasteiger charge is 2.24. The van der Waals surface area contributed by atoms with Crippen LogP contribution in [-0.2, 0) is 0 Å². The van der Waals surface area contributed by atoms with Crippen LogP contribution >= 0.6 is 11.3 Å². The largest absolute Gasteiger partial charge is 0.456 e. The van der Waals surface area contributed by atoms with Crippen LogP contribution < -0.4 is 0 Å². The number of rotatable bonds is 6. The standard InChI is InChI=1S/C64H36N6OS/c65-37-43-34-41(63-66-62(40-16-12-15-39(33-40)38-13-2-1-3-14-38)67-64(68-63)42-26-31-57-50(35-42)46-18-6-10-23-56(46)71-57)25-29-52(43)70-53-21-8-4-17-45(53)48-28-30-55-60(61(48)70)49-20-5-9-22-54(49)69(55)44-27-32-59-51(36-44)47-19-7-11-24-58(47)72-59/h1-36H. The highest BCUT2D eigenvalue weighted by molar-refractivity contribution is 7.25. The first-order valence-electron chi connectivity index (χ1n) is 23.9. The maximum absolute atomic E-state index is 11.3. The smallest absolute Gasteiger partial charge is 0.164 e. The molecule has 5 heterocycles. The number of aromatic nitrogens is 5. The summed E-state index contributed by atoms with van der Waals surface area (Å²) in [6, 6.07) is 78.5. The van der Waals surface area contributed by atoms with Gasteiger partial charge in [-0.3, -0.25) is 0 Å². The Morgan fingerprint density at radius 3 is 1.83 bits per heavy atom. The van der Waals surface area contributed by atoms with Gasteiger partial charge in [-0.2, -0.15) is 5.26 Å². The maximum Gasteiger partial charge on any atom is 0.164 e. The molecule has 10 aromatic carbocycles. The van der Waals surface area contributed by atoms with Gasteiger partial charge >= 0.3 is 0 Å². The van der Waals surface area contributed by atoms with E-state index in [-0.39, 0.29) is 0 Å². The molecule has 0 aliphatic rings. The van der Waals surface area contributed by atoms with Gasteiger partial charge in [0.05, 0.1) is 33.3 Å². The Kier molecular flexibility index (Phi) is 8.76. The summed E-state index contributed by atoms with van der Waals surface area (Å²) >= 11 is 1.83. The van der Waals surface area contributed by atoms with Crippen LogP contribution in [0.25, 0.3) is 142 Å². The van der Waals surface area contributed by atoms with Crippen molar-refractivity contribution in [3.8, 4) is 62.7 Å². The molecule has 0 bridgehead atoms. The zero-order valence-electron chi connectivity index (χ0n) is 38.3. The van der Waals surface area contributed by atoms with Gasteiger partial charge in [0.2, 0.25) is 0 Å². The van der Waals surface area contributed by atoms with Crippen molar-refractivity contribution in [1.29, 1.82) is 5.26 Å². The number of para-hydroxylation sites is 3. The topological polar surface area (TPSA) is 85.5 Å². The van der Waals surface area contributed by atoms with Gasteiger partial charge in [-0.05, 0) is 102 Å². The molecule has 0 aliphatic carbocycles. The quantitative estimate of drug-likeness (QED) is 0.166. The Morgan fingerprint density at radius 2 is 1.01 bits per heavy atom. The fourth-order valence-corrected chi connectivity index (χ4v) is 12.0. The molecule has 334 valence electrons. The molecule has 0 aliphatic heterocycles. The monoisotopic (exact) mass is 936 g/mol. The number of furan rings is 1. The van der Waals surface area contributed by atoms with Crippen LogP contribution in [0, 0.1) is 11.3 Å². The highest BCUT2D eigenvalue weighted by atomic mass is 32.1. The predicted octanol–water partition coefficient (Wildman–Crippen LogP) is 16.9. The molecule has 8 heteroatoms. The lowest BCUT2D eigenvalue weighted by Crippen LogP contribution is -2.02. The van der Waals surface area contributed by atoms with Gasteiger partial charge in [0.1, 0.15) is 17.2 Å². The second kappa shape index (κ2) is 15.7. The number of benzene rings is 10. The zero-order valence-corrected chi connectivity index (χ0v) is 39.1. The van der Waals surface area contributed by atoms with Crippen LogP contribution in [0.1, 0.15) is 5.56 Å². The predicted molar refractivity (Wildman–Crippen MR) is 295 cm³/mol. The van der Waals surface area contributed by atoms with Gasteiger partial charge in [0.25, 0.3) is 0 Å². The Morgan fingerprint density at radius 1 is 0.389 bits per heavy atom. The molecule has 0 radical (unpaired) electrons. The third kappa shape index (κ3) is 6.11. The number of nitrogens with zero attached hydrogens (tertiary/aromatic N) is 6. The average Bonchev–Trinajstić information content (AvgIpc) is 4.20. The Hall–Kier alpha value is -9.68. The van der Waals surface area contributed by atoms with Crippen LogP contribution in [0.5, 0.6) is 0 Å². The summed E-state index contributed by atoms with van der Waals surface area (Å²) in [6.45, 7) is 0. The van der Waals surface area contributed by atoms with Crippen LogP contribution in [0.15, 0.2) is 223 Å². The van der Waals surface area contributed by atoms with Crippen molar-refractivity contribution >= 4 is 97.1 Å². The summed E-state index contributed by atoms with van der Waals surface area (Å²) in [4.78, 5) is 15.5. The third-order valence-electron chi connectivity index (χ3n) is 14.2. The van der Waals surface area contributed by atoms with E-state index in [2.05, 4.69) is 161 Å². The second-order valence-corrected chi connectivity index (χ2v) is 19.3. The van der Waals surface area contributed by atoms with Gasteiger partial charge in [-0.25, -0.2) is 15.0 Å². The van der Waals surface area contributed by atoms with E-state index in [9.17, 15) is 5.26 Å². The lowest BCUT2D eigenvalue weighted by molar-refractivity contribution is 0.669. The fourth-order valence-electron chi connectivity index (χ4n) is 10.9. The van der Waals surface area contributed by atoms with Gasteiger partial charge in [-0.1, -0.05) is 127 Å². The molecular formula is C64H36N6OS. The molecule has 0 amide bonds. The number of hydrogen-bond acceptors (Lipinski definition) is 6. The minimum absolute atomic E-state index is 0.461. The number of thiophene rings is 1. The van der Waals surface area contributed by atoms with E-state index < -0.39 is 0 Å². The maximum atomic E-state index is 11.3. The van der Waals surface area contributed by atoms with Crippen molar-refractivity contribution in [1.82, 2.24) is 24.1 Å². The molecule has 0 spiro atoms. The summed E-state index contributed by atoms with van der Waals surface area (Å²) in [7, 11) is 0. The van der Waals surface area contributed by atoms with Gasteiger partial charge in [0, 0.05) is 74.9 Å². The van der Waals surface area contributed by atoms with E-state index in [1.165, 1.54) is 20.2 Å². The van der Waals surface area contributed by atoms with Gasteiger partial charge < -0.3 is 13.6 Å². The van der Waals surface area contributed by atoms with Gasteiger partial charge in [-0.15, -0.1) is 11.3 Å². The molecule has 5 aromatic heterocycles. The molecule has 0 saturated carbocycles. The molecule has 0 saturated heterocycles.